The predicted octanol–water partition coefficient (Wildman–Crippen LogP) is 3.33. The molecule has 0 atom stereocenters. The van der Waals surface area contributed by atoms with Crippen LogP contribution >= 0.6 is 0 Å². The van der Waals surface area contributed by atoms with Gasteiger partial charge in [0.15, 0.2) is 5.82 Å². The third kappa shape index (κ3) is 1.94. The zero-order valence-electron chi connectivity index (χ0n) is 8.04. The first kappa shape index (κ1) is 11.5. The normalized spacial score (nSPS) is 11.3. The molecule has 0 aliphatic rings. The number of nitriles is 1. The van der Waals surface area contributed by atoms with Gasteiger partial charge in [-0.2, -0.15) is 18.4 Å². The molecule has 80 valence electrons. The van der Waals surface area contributed by atoms with Gasteiger partial charge in [-0.25, -0.2) is 4.39 Å². The summed E-state index contributed by atoms with van der Waals surface area (Å²) >= 11 is 0. The number of hydrogen-bond donors (Lipinski definition) is 0. The fourth-order valence-electron chi connectivity index (χ4n) is 1.22. The Hall–Kier alpha value is -1.57. The van der Waals surface area contributed by atoms with Gasteiger partial charge in [-0.3, -0.25) is 0 Å². The minimum atomic E-state index is -4.77. The van der Waals surface area contributed by atoms with E-state index in [1.54, 1.807) is 0 Å². The SMILES string of the molecule is Cc1cc(C(F)(F)F)c(F)c(C#N)c1C. The highest BCUT2D eigenvalue weighted by molar-refractivity contribution is 5.46. The molecule has 5 heteroatoms. The maximum atomic E-state index is 13.3. The van der Waals surface area contributed by atoms with Gasteiger partial charge in [-0.15, -0.1) is 0 Å². The van der Waals surface area contributed by atoms with Gasteiger partial charge in [-0.05, 0) is 31.0 Å². The molecule has 0 heterocycles. The lowest BCUT2D eigenvalue weighted by atomic mass is 9.99. The molecule has 0 aliphatic carbocycles. The Kier molecular flexibility index (Phi) is 2.71. The first-order valence-electron chi connectivity index (χ1n) is 4.06. The van der Waals surface area contributed by atoms with Gasteiger partial charge in [0.1, 0.15) is 6.07 Å². The Morgan fingerprint density at radius 2 is 1.80 bits per heavy atom. The van der Waals surface area contributed by atoms with Crippen LogP contribution in [0.5, 0.6) is 0 Å². The van der Waals surface area contributed by atoms with Gasteiger partial charge in [0.05, 0.1) is 11.1 Å². The van der Waals surface area contributed by atoms with Gasteiger partial charge in [0, 0.05) is 0 Å². The third-order valence-corrected chi connectivity index (χ3v) is 2.20. The van der Waals surface area contributed by atoms with E-state index in [0.717, 1.165) is 0 Å². The number of rotatable bonds is 0. The lowest BCUT2D eigenvalue weighted by Gasteiger charge is -2.12. The molecule has 0 saturated carbocycles. The fraction of sp³-hybridized carbons (Fsp3) is 0.300. The highest BCUT2D eigenvalue weighted by Crippen LogP contribution is 2.34. The lowest BCUT2D eigenvalue weighted by molar-refractivity contribution is -0.140. The highest BCUT2D eigenvalue weighted by atomic mass is 19.4. The third-order valence-electron chi connectivity index (χ3n) is 2.20. The molecule has 1 aromatic carbocycles. The van der Waals surface area contributed by atoms with E-state index < -0.39 is 23.1 Å². The molecule has 1 rings (SSSR count). The molecule has 0 bridgehead atoms. The number of halogens is 4. The Morgan fingerprint density at radius 1 is 1.27 bits per heavy atom. The van der Waals surface area contributed by atoms with Crippen molar-refractivity contribution in [2.45, 2.75) is 20.0 Å². The Labute approximate surface area is 83.9 Å². The van der Waals surface area contributed by atoms with Crippen molar-refractivity contribution in [3.8, 4) is 6.07 Å². The van der Waals surface area contributed by atoms with Crippen LogP contribution in [-0.4, -0.2) is 0 Å². The summed E-state index contributed by atoms with van der Waals surface area (Å²) in [5.41, 5.74) is -1.44. The van der Waals surface area contributed by atoms with Crippen molar-refractivity contribution in [2.75, 3.05) is 0 Å². The van der Waals surface area contributed by atoms with Crippen LogP contribution in [0, 0.1) is 31.0 Å². The smallest absolute Gasteiger partial charge is 0.205 e. The summed E-state index contributed by atoms with van der Waals surface area (Å²) in [7, 11) is 0. The van der Waals surface area contributed by atoms with Crippen molar-refractivity contribution < 1.29 is 17.6 Å². The van der Waals surface area contributed by atoms with Crippen LogP contribution in [0.3, 0.4) is 0 Å². The monoisotopic (exact) mass is 217 g/mol. The lowest BCUT2D eigenvalue weighted by Crippen LogP contribution is -2.11. The summed E-state index contributed by atoms with van der Waals surface area (Å²) < 4.78 is 50.2. The topological polar surface area (TPSA) is 23.8 Å². The molecular weight excluding hydrogens is 210 g/mol. The van der Waals surface area contributed by atoms with Crippen molar-refractivity contribution in [1.82, 2.24) is 0 Å². The molecule has 0 aliphatic heterocycles. The Morgan fingerprint density at radius 3 is 2.20 bits per heavy atom. The molecule has 0 saturated heterocycles. The zero-order valence-corrected chi connectivity index (χ0v) is 8.04. The standard InChI is InChI=1S/C10H7F4N/c1-5-3-8(10(12,13)14)9(11)7(4-15)6(5)2/h3H,1-2H3. The highest BCUT2D eigenvalue weighted by Gasteiger charge is 2.36. The second-order valence-electron chi connectivity index (χ2n) is 3.16. The quantitative estimate of drug-likeness (QED) is 0.611. The van der Waals surface area contributed by atoms with Crippen LogP contribution in [-0.2, 0) is 6.18 Å². The van der Waals surface area contributed by atoms with E-state index in [0.29, 0.717) is 6.07 Å². The van der Waals surface area contributed by atoms with Crippen molar-refractivity contribution in [3.05, 3.63) is 34.1 Å². The maximum Gasteiger partial charge on any atom is 0.419 e. The van der Waals surface area contributed by atoms with E-state index in [9.17, 15) is 17.6 Å². The van der Waals surface area contributed by atoms with E-state index in [2.05, 4.69) is 0 Å². The Balaban J connectivity index is 3.60. The summed E-state index contributed by atoms with van der Waals surface area (Å²) in [5, 5.41) is 8.56. The van der Waals surface area contributed by atoms with Gasteiger partial charge < -0.3 is 0 Å². The second-order valence-corrected chi connectivity index (χ2v) is 3.16. The molecule has 0 unspecified atom stereocenters. The average Bonchev–Trinajstić information content (AvgIpc) is 2.10. The Bertz CT molecular complexity index is 440. The van der Waals surface area contributed by atoms with Gasteiger partial charge in [-0.1, -0.05) is 0 Å². The van der Waals surface area contributed by atoms with Crippen molar-refractivity contribution in [2.24, 2.45) is 0 Å². The summed E-state index contributed by atoms with van der Waals surface area (Å²) in [6, 6.07) is 2.16. The molecule has 0 fully saturated rings. The van der Waals surface area contributed by atoms with Crippen molar-refractivity contribution in [3.63, 3.8) is 0 Å². The van der Waals surface area contributed by atoms with Gasteiger partial charge in [0.25, 0.3) is 0 Å². The molecule has 0 amide bonds. The van der Waals surface area contributed by atoms with Crippen molar-refractivity contribution in [1.29, 1.82) is 5.26 Å². The van der Waals surface area contributed by atoms with E-state index in [1.165, 1.54) is 19.9 Å². The minimum absolute atomic E-state index is 0.239. The summed E-state index contributed by atoms with van der Waals surface area (Å²) in [4.78, 5) is 0. The molecule has 15 heavy (non-hydrogen) atoms. The number of benzene rings is 1. The zero-order chi connectivity index (χ0) is 11.8. The van der Waals surface area contributed by atoms with Crippen LogP contribution in [0.2, 0.25) is 0 Å². The van der Waals surface area contributed by atoms with E-state index >= 15 is 0 Å². The van der Waals surface area contributed by atoms with Crippen LogP contribution < -0.4 is 0 Å². The number of hydrogen-bond acceptors (Lipinski definition) is 1. The van der Waals surface area contributed by atoms with Crippen LogP contribution in [0.15, 0.2) is 6.07 Å². The first-order valence-corrected chi connectivity index (χ1v) is 4.06. The largest absolute Gasteiger partial charge is 0.419 e. The van der Waals surface area contributed by atoms with E-state index in [-0.39, 0.29) is 11.1 Å². The van der Waals surface area contributed by atoms with E-state index in [1.807, 2.05) is 0 Å². The molecule has 0 spiro atoms. The number of alkyl halides is 3. The van der Waals surface area contributed by atoms with E-state index in [4.69, 9.17) is 5.26 Å². The van der Waals surface area contributed by atoms with Crippen LogP contribution in [0.1, 0.15) is 22.3 Å². The number of nitrogens with zero attached hydrogens (tertiary/aromatic N) is 1. The molecule has 1 aromatic rings. The fourth-order valence-corrected chi connectivity index (χ4v) is 1.22. The van der Waals surface area contributed by atoms with Crippen LogP contribution in [0.25, 0.3) is 0 Å². The second kappa shape index (κ2) is 3.54. The molecule has 1 nitrogen and oxygen atoms in total. The van der Waals surface area contributed by atoms with Crippen molar-refractivity contribution >= 4 is 0 Å². The van der Waals surface area contributed by atoms with Gasteiger partial charge >= 0.3 is 6.18 Å². The summed E-state index contributed by atoms with van der Waals surface area (Å²) in [5.74, 6) is -1.49. The minimum Gasteiger partial charge on any atom is -0.205 e. The molecule has 0 N–H and O–H groups in total. The number of aryl methyl sites for hydroxylation is 1. The first-order chi connectivity index (χ1) is 6.79. The molecule has 0 aromatic heterocycles. The molecule has 0 radical (unpaired) electrons. The molecular formula is C10H7F4N. The predicted molar refractivity (Wildman–Crippen MR) is 45.6 cm³/mol. The van der Waals surface area contributed by atoms with Gasteiger partial charge in [0.2, 0.25) is 0 Å². The average molecular weight is 217 g/mol. The summed E-state index contributed by atoms with van der Waals surface area (Å²) in [6.07, 6.45) is -4.77. The van der Waals surface area contributed by atoms with Crippen LogP contribution in [0.4, 0.5) is 17.6 Å². The maximum absolute atomic E-state index is 13.3. The summed E-state index contributed by atoms with van der Waals surface area (Å²) in [6.45, 7) is 2.82.